The van der Waals surface area contributed by atoms with Crippen molar-refractivity contribution in [3.63, 3.8) is 0 Å². The number of aromatic hydroxyl groups is 1. The van der Waals surface area contributed by atoms with Crippen molar-refractivity contribution in [1.82, 2.24) is 4.98 Å². The molecule has 0 unspecified atom stereocenters. The number of phenolic OH excluding ortho intramolecular Hbond substituents is 1. The van der Waals surface area contributed by atoms with E-state index in [9.17, 15) is 9.90 Å². The first-order chi connectivity index (χ1) is 9.92. The number of anilines is 1. The summed E-state index contributed by atoms with van der Waals surface area (Å²) in [4.78, 5) is 16.4. The molecule has 0 aliphatic rings. The number of pyridine rings is 1. The van der Waals surface area contributed by atoms with E-state index >= 15 is 0 Å². The molecule has 2 N–H and O–H groups in total. The van der Waals surface area contributed by atoms with Gasteiger partial charge in [-0.2, -0.15) is 0 Å². The number of halogens is 1. The first kappa shape index (κ1) is 15.3. The number of nitrogens with one attached hydrogen (secondary N) is 1. The van der Waals surface area contributed by atoms with Crippen LogP contribution in [0.4, 0.5) is 5.69 Å². The molecule has 0 aliphatic carbocycles. The Labute approximate surface area is 128 Å². The van der Waals surface area contributed by atoms with Crippen molar-refractivity contribution >= 4 is 23.2 Å². The van der Waals surface area contributed by atoms with Gasteiger partial charge in [-0.1, -0.05) is 24.6 Å². The van der Waals surface area contributed by atoms with Gasteiger partial charge in [0.2, 0.25) is 0 Å². The Bertz CT molecular complexity index is 699. The molecule has 2 aromatic rings. The standard InChI is InChI=1S/C16H17ClN2O2/c1-4-12-7-11(8-14(17)18-12)16(21)19-13-6-5-9(2)15(20)10(13)3/h5-8,20H,4H2,1-3H3,(H,19,21). The number of aryl methyl sites for hydroxylation is 2. The molecule has 0 spiro atoms. The minimum absolute atomic E-state index is 0.190. The highest BCUT2D eigenvalue weighted by Crippen LogP contribution is 2.28. The van der Waals surface area contributed by atoms with Gasteiger partial charge < -0.3 is 10.4 Å². The fourth-order valence-corrected chi connectivity index (χ4v) is 2.26. The summed E-state index contributed by atoms with van der Waals surface area (Å²) in [7, 11) is 0. The van der Waals surface area contributed by atoms with Crippen LogP contribution in [-0.4, -0.2) is 16.0 Å². The molecule has 0 fully saturated rings. The number of aromatic nitrogens is 1. The molecule has 2 rings (SSSR count). The highest BCUT2D eigenvalue weighted by atomic mass is 35.5. The maximum Gasteiger partial charge on any atom is 0.255 e. The number of carbonyl (C=O) groups is 1. The van der Waals surface area contributed by atoms with Crippen LogP contribution in [-0.2, 0) is 6.42 Å². The molecule has 4 nitrogen and oxygen atoms in total. The lowest BCUT2D eigenvalue weighted by atomic mass is 10.1. The maximum absolute atomic E-state index is 12.3. The SMILES string of the molecule is CCc1cc(C(=O)Nc2ccc(C)c(O)c2C)cc(Cl)n1. The second-order valence-corrected chi connectivity index (χ2v) is 5.27. The molecule has 1 heterocycles. The van der Waals surface area contributed by atoms with Gasteiger partial charge in [0, 0.05) is 22.5 Å². The number of rotatable bonds is 3. The third kappa shape index (κ3) is 3.34. The van der Waals surface area contributed by atoms with Crippen LogP contribution in [0.15, 0.2) is 24.3 Å². The second kappa shape index (κ2) is 6.14. The van der Waals surface area contributed by atoms with Crippen molar-refractivity contribution in [3.8, 4) is 5.75 Å². The smallest absolute Gasteiger partial charge is 0.255 e. The van der Waals surface area contributed by atoms with Crippen LogP contribution in [0.3, 0.4) is 0 Å². The van der Waals surface area contributed by atoms with Crippen molar-refractivity contribution in [1.29, 1.82) is 0 Å². The zero-order chi connectivity index (χ0) is 15.6. The number of amides is 1. The molecule has 0 saturated carbocycles. The number of phenols is 1. The number of benzene rings is 1. The molecule has 110 valence electrons. The lowest BCUT2D eigenvalue weighted by Crippen LogP contribution is -2.13. The minimum atomic E-state index is -0.277. The summed E-state index contributed by atoms with van der Waals surface area (Å²) < 4.78 is 0. The largest absolute Gasteiger partial charge is 0.507 e. The molecule has 0 radical (unpaired) electrons. The fourth-order valence-electron chi connectivity index (χ4n) is 2.03. The van der Waals surface area contributed by atoms with Crippen LogP contribution in [0, 0.1) is 13.8 Å². The highest BCUT2D eigenvalue weighted by molar-refractivity contribution is 6.29. The van der Waals surface area contributed by atoms with E-state index in [1.165, 1.54) is 6.07 Å². The molecule has 5 heteroatoms. The molecular formula is C16H17ClN2O2. The van der Waals surface area contributed by atoms with E-state index in [0.717, 1.165) is 11.3 Å². The van der Waals surface area contributed by atoms with Gasteiger partial charge in [-0.15, -0.1) is 0 Å². The fraction of sp³-hybridized carbons (Fsp3) is 0.250. The van der Waals surface area contributed by atoms with Crippen molar-refractivity contribution in [2.75, 3.05) is 5.32 Å². The Balaban J connectivity index is 2.30. The summed E-state index contributed by atoms with van der Waals surface area (Å²) in [6.45, 7) is 5.52. The zero-order valence-electron chi connectivity index (χ0n) is 12.2. The van der Waals surface area contributed by atoms with Crippen molar-refractivity contribution in [2.45, 2.75) is 27.2 Å². The van der Waals surface area contributed by atoms with Gasteiger partial charge in [0.05, 0.1) is 0 Å². The Kier molecular flexibility index (Phi) is 4.48. The average molecular weight is 305 g/mol. The monoisotopic (exact) mass is 304 g/mol. The van der Waals surface area contributed by atoms with Gasteiger partial charge in [0.25, 0.3) is 5.91 Å². The van der Waals surface area contributed by atoms with Gasteiger partial charge in [-0.25, -0.2) is 4.98 Å². The number of hydrogen-bond donors (Lipinski definition) is 2. The highest BCUT2D eigenvalue weighted by Gasteiger charge is 2.12. The van der Waals surface area contributed by atoms with E-state index < -0.39 is 0 Å². The lowest BCUT2D eigenvalue weighted by molar-refractivity contribution is 0.102. The van der Waals surface area contributed by atoms with Crippen LogP contribution in [0.2, 0.25) is 5.15 Å². The first-order valence-electron chi connectivity index (χ1n) is 6.69. The summed E-state index contributed by atoms with van der Waals surface area (Å²) in [6.07, 6.45) is 0.700. The van der Waals surface area contributed by atoms with E-state index in [1.807, 2.05) is 13.8 Å². The van der Waals surface area contributed by atoms with Crippen molar-refractivity contribution < 1.29 is 9.90 Å². The van der Waals surface area contributed by atoms with E-state index in [2.05, 4.69) is 10.3 Å². The zero-order valence-corrected chi connectivity index (χ0v) is 13.0. The van der Waals surface area contributed by atoms with Crippen LogP contribution in [0.1, 0.15) is 34.1 Å². The average Bonchev–Trinajstić information content (AvgIpc) is 2.47. The summed E-state index contributed by atoms with van der Waals surface area (Å²) in [6, 6.07) is 6.77. The molecule has 0 atom stereocenters. The van der Waals surface area contributed by atoms with Gasteiger partial charge in [-0.05, 0) is 44.0 Å². The van der Waals surface area contributed by atoms with Gasteiger partial charge in [0.1, 0.15) is 10.9 Å². The number of hydrogen-bond acceptors (Lipinski definition) is 3. The predicted octanol–water partition coefficient (Wildman–Crippen LogP) is 3.87. The third-order valence-electron chi connectivity index (χ3n) is 3.35. The van der Waals surface area contributed by atoms with Crippen LogP contribution < -0.4 is 5.32 Å². The molecular weight excluding hydrogens is 288 g/mol. The quantitative estimate of drug-likeness (QED) is 0.846. The van der Waals surface area contributed by atoms with E-state index in [-0.39, 0.29) is 11.7 Å². The summed E-state index contributed by atoms with van der Waals surface area (Å²) in [5, 5.41) is 13.0. The summed E-state index contributed by atoms with van der Waals surface area (Å²) in [5.41, 5.74) is 3.20. The Hall–Kier alpha value is -2.07. The van der Waals surface area contributed by atoms with Crippen molar-refractivity contribution in [2.24, 2.45) is 0 Å². The predicted molar refractivity (Wildman–Crippen MR) is 84.2 cm³/mol. The second-order valence-electron chi connectivity index (χ2n) is 4.88. The topological polar surface area (TPSA) is 62.2 Å². The van der Waals surface area contributed by atoms with Gasteiger partial charge >= 0.3 is 0 Å². The van der Waals surface area contributed by atoms with Gasteiger partial charge in [-0.3, -0.25) is 4.79 Å². The Morgan fingerprint density at radius 3 is 2.71 bits per heavy atom. The first-order valence-corrected chi connectivity index (χ1v) is 7.07. The molecule has 1 amide bonds. The Morgan fingerprint density at radius 1 is 1.33 bits per heavy atom. The van der Waals surface area contributed by atoms with E-state index in [4.69, 9.17) is 11.6 Å². The number of carbonyl (C=O) groups excluding carboxylic acids is 1. The molecule has 0 saturated heterocycles. The number of nitrogens with zero attached hydrogens (tertiary/aromatic N) is 1. The van der Waals surface area contributed by atoms with Crippen LogP contribution in [0.5, 0.6) is 5.75 Å². The summed E-state index contributed by atoms with van der Waals surface area (Å²) >= 11 is 5.92. The van der Waals surface area contributed by atoms with E-state index in [0.29, 0.717) is 28.4 Å². The Morgan fingerprint density at radius 2 is 2.05 bits per heavy atom. The van der Waals surface area contributed by atoms with Crippen LogP contribution >= 0.6 is 11.6 Å². The minimum Gasteiger partial charge on any atom is -0.507 e. The molecule has 0 bridgehead atoms. The third-order valence-corrected chi connectivity index (χ3v) is 3.55. The lowest BCUT2D eigenvalue weighted by Gasteiger charge is -2.12. The molecule has 1 aromatic heterocycles. The normalized spacial score (nSPS) is 10.5. The molecule has 1 aromatic carbocycles. The molecule has 0 aliphatic heterocycles. The molecule has 21 heavy (non-hydrogen) atoms. The van der Waals surface area contributed by atoms with Gasteiger partial charge in [0.15, 0.2) is 0 Å². The van der Waals surface area contributed by atoms with Crippen LogP contribution in [0.25, 0.3) is 0 Å². The maximum atomic E-state index is 12.3. The van der Waals surface area contributed by atoms with E-state index in [1.54, 1.807) is 25.1 Å². The summed E-state index contributed by atoms with van der Waals surface area (Å²) in [5.74, 6) is -0.0878. The van der Waals surface area contributed by atoms with Crippen molar-refractivity contribution in [3.05, 3.63) is 51.8 Å².